The van der Waals surface area contributed by atoms with Crippen LogP contribution in [0.2, 0.25) is 0 Å². The molecule has 0 saturated carbocycles. The molecule has 1 aliphatic heterocycles. The standard InChI is InChI=1S/C20H30O5/c1-6-10(2)18(21)25-16-9-20(5,23)14-8-13-12(4)19(22)24-15(13)7-11(3)17(14)16/h10-13,15-16,23H,6-9H2,1-5H3/t10-,11-,12+,13-,15-,16+,20-/m1/s1. The van der Waals surface area contributed by atoms with Crippen molar-refractivity contribution in [2.24, 2.45) is 23.7 Å². The highest BCUT2D eigenvalue weighted by molar-refractivity contribution is 5.75. The van der Waals surface area contributed by atoms with E-state index >= 15 is 0 Å². The van der Waals surface area contributed by atoms with Crippen molar-refractivity contribution in [3.05, 3.63) is 11.1 Å². The van der Waals surface area contributed by atoms with Gasteiger partial charge in [-0.15, -0.1) is 0 Å². The van der Waals surface area contributed by atoms with Gasteiger partial charge in [0.05, 0.1) is 17.4 Å². The number of fused-ring (bicyclic) bond motifs is 1. The second-order valence-electron chi connectivity index (χ2n) is 8.42. The molecule has 25 heavy (non-hydrogen) atoms. The number of hydrogen-bond donors (Lipinski definition) is 1. The van der Waals surface area contributed by atoms with Crippen molar-refractivity contribution in [3.8, 4) is 0 Å². The van der Waals surface area contributed by atoms with Gasteiger partial charge in [0.25, 0.3) is 0 Å². The summed E-state index contributed by atoms with van der Waals surface area (Å²) in [5, 5.41) is 11.0. The van der Waals surface area contributed by atoms with E-state index in [0.29, 0.717) is 12.8 Å². The van der Waals surface area contributed by atoms with E-state index in [2.05, 4.69) is 6.92 Å². The van der Waals surface area contributed by atoms with E-state index < -0.39 is 5.60 Å². The zero-order valence-electron chi connectivity index (χ0n) is 15.9. The average molecular weight is 350 g/mol. The van der Waals surface area contributed by atoms with Crippen LogP contribution in [-0.4, -0.2) is 34.9 Å². The maximum absolute atomic E-state index is 12.3. The van der Waals surface area contributed by atoms with Crippen molar-refractivity contribution in [1.82, 2.24) is 0 Å². The topological polar surface area (TPSA) is 72.8 Å². The molecule has 2 aliphatic carbocycles. The zero-order chi connectivity index (χ0) is 18.5. The molecular weight excluding hydrogens is 320 g/mol. The van der Waals surface area contributed by atoms with E-state index in [1.54, 1.807) is 6.92 Å². The fraction of sp³-hybridized carbons (Fsp3) is 0.800. The summed E-state index contributed by atoms with van der Waals surface area (Å²) in [6.07, 6.45) is 2.04. The largest absolute Gasteiger partial charge is 0.462 e. The predicted octanol–water partition coefficient (Wildman–Crippen LogP) is 3.00. The first-order valence-electron chi connectivity index (χ1n) is 9.52. The number of esters is 2. The third-order valence-corrected chi connectivity index (χ3v) is 6.52. The smallest absolute Gasteiger partial charge is 0.309 e. The van der Waals surface area contributed by atoms with Crippen molar-refractivity contribution in [2.45, 2.75) is 78.1 Å². The van der Waals surface area contributed by atoms with Crippen LogP contribution in [0.1, 0.15) is 60.3 Å². The summed E-state index contributed by atoms with van der Waals surface area (Å²) < 4.78 is 11.4. The molecular formula is C20H30O5. The summed E-state index contributed by atoms with van der Waals surface area (Å²) in [6, 6.07) is 0. The lowest BCUT2D eigenvalue weighted by atomic mass is 9.82. The molecule has 1 fully saturated rings. The molecule has 0 radical (unpaired) electrons. The van der Waals surface area contributed by atoms with Gasteiger partial charge >= 0.3 is 11.9 Å². The van der Waals surface area contributed by atoms with E-state index in [1.807, 2.05) is 20.8 Å². The Kier molecular flexibility index (Phi) is 4.73. The minimum Gasteiger partial charge on any atom is -0.462 e. The normalized spacial score (nSPS) is 41.7. The number of hydrogen-bond acceptors (Lipinski definition) is 5. The van der Waals surface area contributed by atoms with Crippen LogP contribution in [-0.2, 0) is 19.1 Å². The molecule has 5 nitrogen and oxygen atoms in total. The van der Waals surface area contributed by atoms with Crippen LogP contribution in [0.5, 0.6) is 0 Å². The van der Waals surface area contributed by atoms with E-state index in [4.69, 9.17) is 9.47 Å². The lowest BCUT2D eigenvalue weighted by Gasteiger charge is -2.26. The van der Waals surface area contributed by atoms with Crippen LogP contribution in [0, 0.1) is 23.7 Å². The van der Waals surface area contributed by atoms with Crippen LogP contribution in [0.3, 0.4) is 0 Å². The molecule has 0 bridgehead atoms. The van der Waals surface area contributed by atoms with Crippen molar-refractivity contribution in [1.29, 1.82) is 0 Å². The molecule has 0 unspecified atom stereocenters. The zero-order valence-corrected chi connectivity index (χ0v) is 15.9. The Hall–Kier alpha value is -1.36. The van der Waals surface area contributed by atoms with Crippen molar-refractivity contribution >= 4 is 11.9 Å². The van der Waals surface area contributed by atoms with Crippen LogP contribution in [0.4, 0.5) is 0 Å². The molecule has 140 valence electrons. The molecule has 5 heteroatoms. The Labute approximate surface area is 149 Å². The number of carbonyl (C=O) groups excluding carboxylic acids is 2. The Morgan fingerprint density at radius 3 is 2.76 bits per heavy atom. The molecule has 0 aromatic rings. The Bertz CT molecular complexity index is 605. The molecule has 0 aromatic carbocycles. The number of aliphatic hydroxyl groups is 1. The van der Waals surface area contributed by atoms with E-state index in [0.717, 1.165) is 24.0 Å². The first kappa shape index (κ1) is 18.4. The molecule has 3 rings (SSSR count). The fourth-order valence-electron chi connectivity index (χ4n) is 4.66. The van der Waals surface area contributed by atoms with E-state index in [9.17, 15) is 14.7 Å². The Morgan fingerprint density at radius 2 is 2.12 bits per heavy atom. The lowest BCUT2D eigenvalue weighted by Crippen LogP contribution is -2.31. The second kappa shape index (κ2) is 6.42. The summed E-state index contributed by atoms with van der Waals surface area (Å²) in [6.45, 7) is 9.63. The van der Waals surface area contributed by atoms with Gasteiger partial charge in [-0.1, -0.05) is 27.7 Å². The molecule has 1 N–H and O–H groups in total. The lowest BCUT2D eigenvalue weighted by molar-refractivity contribution is -0.153. The molecule has 7 atom stereocenters. The highest BCUT2D eigenvalue weighted by atomic mass is 16.6. The first-order valence-corrected chi connectivity index (χ1v) is 9.52. The molecule has 1 heterocycles. The monoisotopic (exact) mass is 350 g/mol. The predicted molar refractivity (Wildman–Crippen MR) is 92.5 cm³/mol. The second-order valence-corrected chi connectivity index (χ2v) is 8.42. The highest BCUT2D eigenvalue weighted by Crippen LogP contribution is 2.51. The first-order chi connectivity index (χ1) is 11.7. The van der Waals surface area contributed by atoms with E-state index in [-0.39, 0.29) is 47.8 Å². The number of rotatable bonds is 3. The van der Waals surface area contributed by atoms with Crippen LogP contribution in [0.25, 0.3) is 0 Å². The van der Waals surface area contributed by atoms with Crippen molar-refractivity contribution in [3.63, 3.8) is 0 Å². The summed E-state index contributed by atoms with van der Waals surface area (Å²) in [5.74, 6) is -0.417. The maximum Gasteiger partial charge on any atom is 0.309 e. The fourth-order valence-corrected chi connectivity index (χ4v) is 4.66. The van der Waals surface area contributed by atoms with Gasteiger partial charge in [-0.2, -0.15) is 0 Å². The van der Waals surface area contributed by atoms with Crippen molar-refractivity contribution < 1.29 is 24.2 Å². The minimum atomic E-state index is -0.996. The average Bonchev–Trinajstić information content (AvgIpc) is 2.86. The van der Waals surface area contributed by atoms with E-state index in [1.165, 1.54) is 0 Å². The summed E-state index contributed by atoms with van der Waals surface area (Å²) in [7, 11) is 0. The molecule has 1 saturated heterocycles. The Balaban J connectivity index is 1.90. The van der Waals surface area contributed by atoms with Gasteiger partial charge in [0, 0.05) is 12.3 Å². The molecule has 0 amide bonds. The van der Waals surface area contributed by atoms with Crippen LogP contribution < -0.4 is 0 Å². The van der Waals surface area contributed by atoms with Gasteiger partial charge in [0.15, 0.2) is 0 Å². The molecule has 3 aliphatic rings. The SMILES string of the molecule is CC[C@@H](C)C(=O)O[C@H]1C[C@@](C)(O)C2=C1[C@H](C)C[C@H]1OC(=O)[C@@H](C)[C@H]1C2. The van der Waals surface area contributed by atoms with Gasteiger partial charge in [-0.25, -0.2) is 0 Å². The third-order valence-electron chi connectivity index (χ3n) is 6.52. The van der Waals surface area contributed by atoms with Crippen LogP contribution >= 0.6 is 0 Å². The van der Waals surface area contributed by atoms with Gasteiger partial charge in [0.2, 0.25) is 0 Å². The summed E-state index contributed by atoms with van der Waals surface area (Å²) in [4.78, 5) is 24.3. The molecule has 0 aromatic heterocycles. The maximum atomic E-state index is 12.3. The summed E-state index contributed by atoms with van der Waals surface area (Å²) in [5.41, 5.74) is 1.02. The molecule has 0 spiro atoms. The van der Waals surface area contributed by atoms with Crippen LogP contribution in [0.15, 0.2) is 11.1 Å². The third kappa shape index (κ3) is 3.12. The number of carbonyl (C=O) groups is 2. The summed E-state index contributed by atoms with van der Waals surface area (Å²) >= 11 is 0. The minimum absolute atomic E-state index is 0.0953. The van der Waals surface area contributed by atoms with Gasteiger partial charge in [-0.3, -0.25) is 9.59 Å². The van der Waals surface area contributed by atoms with Gasteiger partial charge in [0.1, 0.15) is 12.2 Å². The highest BCUT2D eigenvalue weighted by Gasteiger charge is 2.52. The number of ether oxygens (including phenoxy) is 2. The van der Waals surface area contributed by atoms with Gasteiger partial charge in [-0.05, 0) is 43.3 Å². The van der Waals surface area contributed by atoms with Crippen molar-refractivity contribution in [2.75, 3.05) is 0 Å². The quantitative estimate of drug-likeness (QED) is 0.626. The Morgan fingerprint density at radius 1 is 1.44 bits per heavy atom. The van der Waals surface area contributed by atoms with Gasteiger partial charge < -0.3 is 14.6 Å².